The van der Waals surface area contributed by atoms with Crippen LogP contribution in [0.15, 0.2) is 42.5 Å². The first-order valence-corrected chi connectivity index (χ1v) is 8.68. The summed E-state index contributed by atoms with van der Waals surface area (Å²) < 4.78 is 4.58. The smallest absolute Gasteiger partial charge is 0.338 e. The lowest BCUT2D eigenvalue weighted by Crippen LogP contribution is -2.47. The third kappa shape index (κ3) is 4.67. The number of rotatable bonds is 5. The molecule has 150 valence electrons. The first-order chi connectivity index (χ1) is 13.9. The minimum Gasteiger partial charge on any atom is -0.465 e. The maximum Gasteiger partial charge on any atom is 0.338 e. The van der Waals surface area contributed by atoms with Crippen LogP contribution in [0, 0.1) is 10.1 Å². The molecule has 1 fully saturated rings. The highest BCUT2D eigenvalue weighted by molar-refractivity contribution is 6.06. The minimum atomic E-state index is -0.780. The van der Waals surface area contributed by atoms with Crippen molar-refractivity contribution < 1.29 is 24.0 Å². The van der Waals surface area contributed by atoms with Gasteiger partial charge in [-0.2, -0.15) is 0 Å². The molecule has 0 saturated carbocycles. The van der Waals surface area contributed by atoms with Crippen LogP contribution in [0.5, 0.6) is 0 Å². The molecular formula is C19H18N4O6. The molecule has 0 atom stereocenters. The van der Waals surface area contributed by atoms with Crippen molar-refractivity contribution in [2.75, 3.05) is 37.0 Å². The van der Waals surface area contributed by atoms with Gasteiger partial charge in [-0.1, -0.05) is 0 Å². The number of nitrogens with zero attached hydrogens (tertiary/aromatic N) is 2. The summed E-state index contributed by atoms with van der Waals surface area (Å²) in [5.41, 5.74) is 0.770. The SMILES string of the molecule is COC(=O)c1cc(C(=O)Nc2ccc(N3CCNC(=O)C3)cc2)cc([N+](=O)[O-])c1. The number of piperazine rings is 1. The maximum absolute atomic E-state index is 12.5. The van der Waals surface area contributed by atoms with Crippen molar-refractivity contribution in [3.05, 3.63) is 63.7 Å². The fraction of sp³-hybridized carbons (Fsp3) is 0.211. The Labute approximate surface area is 165 Å². The highest BCUT2D eigenvalue weighted by atomic mass is 16.6. The number of nitro groups is 1. The molecule has 0 bridgehead atoms. The monoisotopic (exact) mass is 398 g/mol. The second-order valence-corrected chi connectivity index (χ2v) is 6.29. The summed E-state index contributed by atoms with van der Waals surface area (Å²) >= 11 is 0. The molecule has 1 saturated heterocycles. The zero-order chi connectivity index (χ0) is 21.0. The molecule has 3 rings (SSSR count). The molecule has 2 amide bonds. The van der Waals surface area contributed by atoms with Gasteiger partial charge in [0, 0.05) is 42.2 Å². The van der Waals surface area contributed by atoms with Gasteiger partial charge in [0.15, 0.2) is 0 Å². The molecule has 1 heterocycles. The van der Waals surface area contributed by atoms with Crippen LogP contribution in [0.25, 0.3) is 0 Å². The molecule has 0 spiro atoms. The van der Waals surface area contributed by atoms with E-state index in [1.165, 1.54) is 6.07 Å². The van der Waals surface area contributed by atoms with E-state index in [4.69, 9.17) is 0 Å². The van der Waals surface area contributed by atoms with Crippen LogP contribution in [0.4, 0.5) is 17.1 Å². The number of benzene rings is 2. The number of anilines is 2. The van der Waals surface area contributed by atoms with Crippen molar-refractivity contribution in [2.45, 2.75) is 0 Å². The lowest BCUT2D eigenvalue weighted by Gasteiger charge is -2.28. The number of carbonyl (C=O) groups is 3. The average Bonchev–Trinajstić information content (AvgIpc) is 2.73. The number of amides is 2. The van der Waals surface area contributed by atoms with E-state index in [0.29, 0.717) is 18.8 Å². The van der Waals surface area contributed by atoms with E-state index in [1.807, 2.05) is 4.90 Å². The van der Waals surface area contributed by atoms with E-state index in [-0.39, 0.29) is 23.6 Å². The molecule has 1 aliphatic rings. The number of nitro benzene ring substituents is 1. The van der Waals surface area contributed by atoms with Crippen LogP contribution in [0.3, 0.4) is 0 Å². The van der Waals surface area contributed by atoms with Crippen molar-refractivity contribution >= 4 is 34.8 Å². The predicted molar refractivity (Wildman–Crippen MR) is 104 cm³/mol. The summed E-state index contributed by atoms with van der Waals surface area (Å²) in [4.78, 5) is 48.1. The summed E-state index contributed by atoms with van der Waals surface area (Å²) in [6, 6.07) is 10.2. The normalized spacial score (nSPS) is 13.4. The topological polar surface area (TPSA) is 131 Å². The van der Waals surface area contributed by atoms with E-state index in [0.717, 1.165) is 24.9 Å². The lowest BCUT2D eigenvalue weighted by atomic mass is 10.1. The molecule has 2 N–H and O–H groups in total. The Morgan fingerprint density at radius 3 is 2.48 bits per heavy atom. The summed E-state index contributed by atoms with van der Waals surface area (Å²) in [6.07, 6.45) is 0. The van der Waals surface area contributed by atoms with Crippen molar-refractivity contribution in [3.8, 4) is 0 Å². The molecule has 0 aliphatic carbocycles. The third-order valence-electron chi connectivity index (χ3n) is 4.34. The molecule has 0 radical (unpaired) electrons. The molecule has 2 aromatic rings. The Balaban J connectivity index is 1.77. The summed E-state index contributed by atoms with van der Waals surface area (Å²) in [6.45, 7) is 1.50. The largest absolute Gasteiger partial charge is 0.465 e. The quantitative estimate of drug-likeness (QED) is 0.444. The first kappa shape index (κ1) is 19.8. The maximum atomic E-state index is 12.5. The Hall–Kier alpha value is -3.95. The van der Waals surface area contributed by atoms with Crippen LogP contribution >= 0.6 is 0 Å². The van der Waals surface area contributed by atoms with Gasteiger partial charge in [-0.25, -0.2) is 4.79 Å². The second-order valence-electron chi connectivity index (χ2n) is 6.29. The predicted octanol–water partition coefficient (Wildman–Crippen LogP) is 1.57. The number of hydrogen-bond acceptors (Lipinski definition) is 7. The van der Waals surface area contributed by atoms with E-state index < -0.39 is 22.5 Å². The zero-order valence-electron chi connectivity index (χ0n) is 15.5. The molecule has 0 aromatic heterocycles. The van der Waals surface area contributed by atoms with Gasteiger partial charge < -0.3 is 20.3 Å². The fourth-order valence-corrected chi connectivity index (χ4v) is 2.90. The van der Waals surface area contributed by atoms with Gasteiger partial charge in [-0.15, -0.1) is 0 Å². The van der Waals surface area contributed by atoms with Crippen molar-refractivity contribution in [3.63, 3.8) is 0 Å². The fourth-order valence-electron chi connectivity index (χ4n) is 2.90. The van der Waals surface area contributed by atoms with Gasteiger partial charge in [-0.05, 0) is 30.3 Å². The Morgan fingerprint density at radius 1 is 1.17 bits per heavy atom. The van der Waals surface area contributed by atoms with E-state index in [1.54, 1.807) is 24.3 Å². The zero-order valence-corrected chi connectivity index (χ0v) is 15.5. The molecule has 29 heavy (non-hydrogen) atoms. The van der Waals surface area contributed by atoms with Gasteiger partial charge in [0.2, 0.25) is 5.91 Å². The van der Waals surface area contributed by atoms with Crippen molar-refractivity contribution in [1.29, 1.82) is 0 Å². The number of esters is 1. The van der Waals surface area contributed by atoms with Gasteiger partial charge in [-0.3, -0.25) is 19.7 Å². The molecule has 2 aromatic carbocycles. The number of ether oxygens (including phenoxy) is 1. The standard InChI is InChI=1S/C19H18N4O6/c1-29-19(26)13-8-12(9-16(10-13)23(27)28)18(25)21-14-2-4-15(5-3-14)22-7-6-20-17(24)11-22/h2-5,8-10H,6-7,11H2,1H3,(H,20,24)(H,21,25). The second kappa shape index (κ2) is 8.38. The number of methoxy groups -OCH3 is 1. The van der Waals surface area contributed by atoms with E-state index in [9.17, 15) is 24.5 Å². The van der Waals surface area contributed by atoms with Gasteiger partial charge in [0.05, 0.1) is 24.1 Å². The van der Waals surface area contributed by atoms with Crippen molar-refractivity contribution in [1.82, 2.24) is 5.32 Å². The molecule has 1 aliphatic heterocycles. The van der Waals surface area contributed by atoms with Crippen LogP contribution < -0.4 is 15.5 Å². The van der Waals surface area contributed by atoms with Gasteiger partial charge in [0.25, 0.3) is 11.6 Å². The molecule has 10 heteroatoms. The van der Waals surface area contributed by atoms with Crippen LogP contribution in [-0.2, 0) is 9.53 Å². The molecule has 0 unspecified atom stereocenters. The van der Waals surface area contributed by atoms with Gasteiger partial charge >= 0.3 is 5.97 Å². The van der Waals surface area contributed by atoms with Gasteiger partial charge in [0.1, 0.15) is 0 Å². The summed E-state index contributed by atoms with van der Waals surface area (Å²) in [5.74, 6) is -1.44. The van der Waals surface area contributed by atoms with E-state index >= 15 is 0 Å². The Morgan fingerprint density at radius 2 is 1.86 bits per heavy atom. The third-order valence-corrected chi connectivity index (χ3v) is 4.34. The number of carbonyl (C=O) groups excluding carboxylic acids is 3. The molecule has 10 nitrogen and oxygen atoms in total. The number of non-ortho nitro benzene ring substituents is 1. The average molecular weight is 398 g/mol. The summed E-state index contributed by atoms with van der Waals surface area (Å²) in [7, 11) is 1.15. The van der Waals surface area contributed by atoms with Crippen LogP contribution in [0.1, 0.15) is 20.7 Å². The van der Waals surface area contributed by atoms with E-state index in [2.05, 4.69) is 15.4 Å². The lowest BCUT2D eigenvalue weighted by molar-refractivity contribution is -0.384. The first-order valence-electron chi connectivity index (χ1n) is 8.68. The van der Waals surface area contributed by atoms with Crippen molar-refractivity contribution in [2.24, 2.45) is 0 Å². The Bertz CT molecular complexity index is 973. The number of hydrogen-bond donors (Lipinski definition) is 2. The minimum absolute atomic E-state index is 0.0450. The highest BCUT2D eigenvalue weighted by Crippen LogP contribution is 2.21. The summed E-state index contributed by atoms with van der Waals surface area (Å²) in [5, 5.41) is 16.5. The van der Waals surface area contributed by atoms with Crippen LogP contribution in [0.2, 0.25) is 0 Å². The molecular weight excluding hydrogens is 380 g/mol. The highest BCUT2D eigenvalue weighted by Gasteiger charge is 2.19. The van der Waals surface area contributed by atoms with Crippen LogP contribution in [-0.4, -0.2) is 49.5 Å². The number of nitrogens with one attached hydrogen (secondary N) is 2. The Kier molecular flexibility index (Phi) is 5.72.